The normalized spacial score (nSPS) is 13.2. The second kappa shape index (κ2) is 8.28. The number of benzene rings is 1. The molecule has 2 N–H and O–H groups in total. The lowest BCUT2D eigenvalue weighted by Crippen LogP contribution is -2.31. The number of aliphatic hydroxyl groups is 1. The molecule has 0 aromatic heterocycles. The van der Waals surface area contributed by atoms with E-state index in [2.05, 4.69) is 45.1 Å². The number of hydrogen-bond donors (Lipinski definition) is 2. The molecule has 0 saturated heterocycles. The maximum absolute atomic E-state index is 9.81. The Kier molecular flexibility index (Phi) is 7.03. The van der Waals surface area contributed by atoms with Gasteiger partial charge in [0.25, 0.3) is 0 Å². The molecule has 114 valence electrons. The van der Waals surface area contributed by atoms with Crippen LogP contribution in [0.25, 0.3) is 0 Å². The second-order valence-electron chi connectivity index (χ2n) is 6.30. The van der Waals surface area contributed by atoms with Crippen LogP contribution in [0.5, 0.6) is 5.75 Å². The summed E-state index contributed by atoms with van der Waals surface area (Å²) in [6.07, 6.45) is 1.84. The summed E-state index contributed by atoms with van der Waals surface area (Å²) < 4.78 is 5.60. The Hall–Kier alpha value is -1.06. The predicted octanol–water partition coefficient (Wildman–Crippen LogP) is 3.11. The Bertz CT molecular complexity index is 368. The lowest BCUT2D eigenvalue weighted by molar-refractivity contribution is 0.106. The van der Waals surface area contributed by atoms with Gasteiger partial charge in [-0.1, -0.05) is 46.2 Å². The van der Waals surface area contributed by atoms with E-state index in [-0.39, 0.29) is 5.41 Å². The molecule has 0 amide bonds. The molecule has 0 heterocycles. The molecule has 0 fully saturated rings. The van der Waals surface area contributed by atoms with Gasteiger partial charge in [-0.15, -0.1) is 0 Å². The van der Waals surface area contributed by atoms with Crippen molar-refractivity contribution >= 4 is 0 Å². The summed E-state index contributed by atoms with van der Waals surface area (Å²) in [5.74, 6) is 0.811. The van der Waals surface area contributed by atoms with Crippen LogP contribution in [-0.2, 0) is 5.41 Å². The number of hydrogen-bond acceptors (Lipinski definition) is 3. The number of unbranched alkanes of at least 4 members (excludes halogenated alkanes) is 1. The average molecular weight is 279 g/mol. The van der Waals surface area contributed by atoms with Crippen LogP contribution in [0.1, 0.15) is 46.1 Å². The summed E-state index contributed by atoms with van der Waals surface area (Å²) in [5, 5.41) is 13.0. The molecule has 1 aromatic carbocycles. The molecule has 0 bridgehead atoms. The van der Waals surface area contributed by atoms with Crippen molar-refractivity contribution in [1.82, 2.24) is 5.32 Å². The van der Waals surface area contributed by atoms with E-state index in [9.17, 15) is 5.11 Å². The third-order valence-corrected chi connectivity index (χ3v) is 3.25. The van der Waals surface area contributed by atoms with E-state index in [1.54, 1.807) is 0 Å². The van der Waals surface area contributed by atoms with E-state index in [4.69, 9.17) is 4.74 Å². The first-order chi connectivity index (χ1) is 9.43. The molecule has 0 spiro atoms. The van der Waals surface area contributed by atoms with Gasteiger partial charge in [-0.3, -0.25) is 0 Å². The zero-order valence-electron chi connectivity index (χ0n) is 13.3. The highest BCUT2D eigenvalue weighted by Gasteiger charge is 2.13. The first-order valence-electron chi connectivity index (χ1n) is 7.55. The van der Waals surface area contributed by atoms with E-state index in [1.807, 2.05) is 12.1 Å². The topological polar surface area (TPSA) is 41.5 Å². The van der Waals surface area contributed by atoms with Crippen LogP contribution >= 0.6 is 0 Å². The highest BCUT2D eigenvalue weighted by atomic mass is 16.5. The first-order valence-corrected chi connectivity index (χ1v) is 7.55. The summed E-state index contributed by atoms with van der Waals surface area (Å²) in [7, 11) is 0. The average Bonchev–Trinajstić information content (AvgIpc) is 2.41. The van der Waals surface area contributed by atoms with Crippen molar-refractivity contribution in [2.75, 3.05) is 19.7 Å². The van der Waals surface area contributed by atoms with E-state index in [0.717, 1.165) is 18.7 Å². The molecular formula is C17H29NO2. The van der Waals surface area contributed by atoms with E-state index in [1.165, 1.54) is 12.0 Å². The first kappa shape index (κ1) is 17.0. The van der Waals surface area contributed by atoms with Crippen molar-refractivity contribution < 1.29 is 9.84 Å². The second-order valence-corrected chi connectivity index (χ2v) is 6.30. The Balaban J connectivity index is 2.31. The van der Waals surface area contributed by atoms with Gasteiger partial charge in [-0.25, -0.2) is 0 Å². The monoisotopic (exact) mass is 279 g/mol. The van der Waals surface area contributed by atoms with Gasteiger partial charge in [0.05, 0.1) is 0 Å². The number of nitrogens with one attached hydrogen (secondary N) is 1. The van der Waals surface area contributed by atoms with Crippen molar-refractivity contribution in [3.63, 3.8) is 0 Å². The van der Waals surface area contributed by atoms with Crippen LogP contribution in [0.4, 0.5) is 0 Å². The smallest absolute Gasteiger partial charge is 0.119 e. The van der Waals surface area contributed by atoms with E-state index < -0.39 is 6.10 Å². The highest BCUT2D eigenvalue weighted by Crippen LogP contribution is 2.24. The van der Waals surface area contributed by atoms with E-state index >= 15 is 0 Å². The molecule has 1 aromatic rings. The molecular weight excluding hydrogens is 250 g/mol. The van der Waals surface area contributed by atoms with Crippen LogP contribution in [-0.4, -0.2) is 30.9 Å². The van der Waals surface area contributed by atoms with Crippen molar-refractivity contribution in [1.29, 1.82) is 0 Å². The molecule has 3 nitrogen and oxygen atoms in total. The highest BCUT2D eigenvalue weighted by molar-refractivity contribution is 5.31. The maximum Gasteiger partial charge on any atom is 0.119 e. The van der Waals surface area contributed by atoms with Crippen molar-refractivity contribution in [3.05, 3.63) is 29.8 Å². The molecule has 1 unspecified atom stereocenters. The largest absolute Gasteiger partial charge is 0.491 e. The van der Waals surface area contributed by atoms with Crippen LogP contribution in [0.3, 0.4) is 0 Å². The van der Waals surface area contributed by atoms with Gasteiger partial charge >= 0.3 is 0 Å². The van der Waals surface area contributed by atoms with Crippen LogP contribution in [0.15, 0.2) is 24.3 Å². The molecule has 1 rings (SSSR count). The fourth-order valence-electron chi connectivity index (χ4n) is 1.87. The van der Waals surface area contributed by atoms with Gasteiger partial charge in [0.1, 0.15) is 18.5 Å². The van der Waals surface area contributed by atoms with Crippen molar-refractivity contribution in [3.8, 4) is 5.75 Å². The molecule has 20 heavy (non-hydrogen) atoms. The van der Waals surface area contributed by atoms with Gasteiger partial charge in [0, 0.05) is 6.54 Å². The van der Waals surface area contributed by atoms with Crippen molar-refractivity contribution in [2.45, 2.75) is 52.1 Å². The molecule has 0 aliphatic rings. The minimum atomic E-state index is -0.464. The van der Waals surface area contributed by atoms with Gasteiger partial charge in [-0.05, 0) is 36.1 Å². The summed E-state index contributed by atoms with van der Waals surface area (Å²) in [6, 6.07) is 8.11. The van der Waals surface area contributed by atoms with Crippen LogP contribution < -0.4 is 10.1 Å². The van der Waals surface area contributed by atoms with Gasteiger partial charge in [0.2, 0.25) is 0 Å². The van der Waals surface area contributed by atoms with Crippen LogP contribution in [0, 0.1) is 0 Å². The number of aliphatic hydroxyl groups excluding tert-OH is 1. The van der Waals surface area contributed by atoms with Gasteiger partial charge < -0.3 is 15.2 Å². The summed E-state index contributed by atoms with van der Waals surface area (Å²) in [4.78, 5) is 0. The van der Waals surface area contributed by atoms with Gasteiger partial charge in [0.15, 0.2) is 0 Å². The lowest BCUT2D eigenvalue weighted by Gasteiger charge is -2.19. The number of ether oxygens (including phenoxy) is 1. The molecule has 0 radical (unpaired) electrons. The molecule has 1 atom stereocenters. The fourth-order valence-corrected chi connectivity index (χ4v) is 1.87. The Labute approximate surface area is 123 Å². The third kappa shape index (κ3) is 6.40. The zero-order valence-corrected chi connectivity index (χ0v) is 13.3. The minimum absolute atomic E-state index is 0.154. The molecule has 3 heteroatoms. The lowest BCUT2D eigenvalue weighted by atomic mass is 9.87. The zero-order chi connectivity index (χ0) is 15.0. The molecule has 0 aliphatic carbocycles. The fraction of sp³-hybridized carbons (Fsp3) is 0.647. The Morgan fingerprint density at radius 3 is 2.40 bits per heavy atom. The Morgan fingerprint density at radius 1 is 1.20 bits per heavy atom. The molecule has 0 saturated carbocycles. The third-order valence-electron chi connectivity index (χ3n) is 3.25. The molecule has 0 aliphatic heterocycles. The summed E-state index contributed by atoms with van der Waals surface area (Å²) in [6.45, 7) is 10.6. The quantitative estimate of drug-likeness (QED) is 0.718. The predicted molar refractivity (Wildman–Crippen MR) is 84.4 cm³/mol. The van der Waals surface area contributed by atoms with Crippen molar-refractivity contribution in [2.24, 2.45) is 0 Å². The SMILES string of the molecule is CCCCNCC(O)COc1ccc(C(C)(C)C)cc1. The van der Waals surface area contributed by atoms with Gasteiger partial charge in [-0.2, -0.15) is 0 Å². The van der Waals surface area contributed by atoms with E-state index in [0.29, 0.717) is 13.2 Å². The minimum Gasteiger partial charge on any atom is -0.491 e. The Morgan fingerprint density at radius 2 is 1.85 bits per heavy atom. The summed E-state index contributed by atoms with van der Waals surface area (Å²) in [5.41, 5.74) is 1.44. The maximum atomic E-state index is 9.81. The summed E-state index contributed by atoms with van der Waals surface area (Å²) >= 11 is 0. The standard InChI is InChI=1S/C17H29NO2/c1-5-6-11-18-12-15(19)13-20-16-9-7-14(8-10-16)17(2,3)4/h7-10,15,18-19H,5-6,11-13H2,1-4H3. The van der Waals surface area contributed by atoms with Crippen LogP contribution in [0.2, 0.25) is 0 Å². The number of rotatable bonds is 8.